The van der Waals surface area contributed by atoms with Gasteiger partial charge in [-0.1, -0.05) is 43.3 Å². The number of benzene rings is 2. The van der Waals surface area contributed by atoms with Gasteiger partial charge in [0.1, 0.15) is 5.75 Å². The lowest BCUT2D eigenvalue weighted by Gasteiger charge is -2.16. The van der Waals surface area contributed by atoms with E-state index in [4.69, 9.17) is 9.47 Å². The van der Waals surface area contributed by atoms with Crippen molar-refractivity contribution in [1.82, 2.24) is 5.32 Å². The van der Waals surface area contributed by atoms with Crippen LogP contribution >= 0.6 is 0 Å². The molecule has 0 aromatic heterocycles. The first-order chi connectivity index (χ1) is 11.7. The fourth-order valence-electron chi connectivity index (χ4n) is 2.38. The molecule has 0 unspecified atom stereocenters. The third kappa shape index (κ3) is 4.73. The third-order valence-corrected chi connectivity index (χ3v) is 3.83. The number of nitrogens with one attached hydrogen (secondary N) is 2. The van der Waals surface area contributed by atoms with Crippen LogP contribution in [0.4, 0.5) is 10.5 Å². The summed E-state index contributed by atoms with van der Waals surface area (Å²) in [6.07, 6.45) is 0.845. The number of urea groups is 1. The molecule has 0 saturated heterocycles. The first-order valence-electron chi connectivity index (χ1n) is 7.99. The number of methoxy groups -OCH3 is 2. The number of carbonyl (C=O) groups is 1. The van der Waals surface area contributed by atoms with Crippen LogP contribution in [0.15, 0.2) is 48.5 Å². The van der Waals surface area contributed by atoms with Gasteiger partial charge in [-0.05, 0) is 29.7 Å². The molecule has 2 aromatic carbocycles. The molecule has 2 aromatic rings. The van der Waals surface area contributed by atoms with Gasteiger partial charge in [0.25, 0.3) is 0 Å². The molecule has 0 bridgehead atoms. The molecule has 0 aliphatic rings. The first-order valence-corrected chi connectivity index (χ1v) is 7.99. The summed E-state index contributed by atoms with van der Waals surface area (Å²) in [4.78, 5) is 12.1. The van der Waals surface area contributed by atoms with Gasteiger partial charge in [-0.3, -0.25) is 0 Å². The molecule has 2 N–H and O–H groups in total. The summed E-state index contributed by atoms with van der Waals surface area (Å²) >= 11 is 0. The lowest BCUT2D eigenvalue weighted by Crippen LogP contribution is -2.35. The molecule has 5 nitrogen and oxygen atoms in total. The van der Waals surface area contributed by atoms with Crippen molar-refractivity contribution in [1.29, 1.82) is 0 Å². The standard InChI is InChI=1S/C19H24N2O3/c1-4-16(23-2)13-20-19(22)21-17-12-15(10-11-18(17)24-3)14-8-6-5-7-9-14/h5-12,16H,4,13H2,1-3H3,(H2,20,21,22)/t16-/m0/s1. The largest absolute Gasteiger partial charge is 0.495 e. The molecule has 0 heterocycles. The predicted molar refractivity (Wildman–Crippen MR) is 96.5 cm³/mol. The second kappa shape index (κ2) is 8.93. The van der Waals surface area contributed by atoms with Crippen LogP contribution in [0.5, 0.6) is 5.75 Å². The van der Waals surface area contributed by atoms with Crippen LogP contribution in [0.1, 0.15) is 13.3 Å². The number of anilines is 1. The maximum absolute atomic E-state index is 12.1. The van der Waals surface area contributed by atoms with Gasteiger partial charge < -0.3 is 20.1 Å². The summed E-state index contributed by atoms with van der Waals surface area (Å²) in [6, 6.07) is 15.4. The van der Waals surface area contributed by atoms with Crippen molar-refractivity contribution >= 4 is 11.7 Å². The van der Waals surface area contributed by atoms with E-state index in [9.17, 15) is 4.79 Å². The zero-order valence-corrected chi connectivity index (χ0v) is 14.3. The Morgan fingerprint density at radius 1 is 1.08 bits per heavy atom. The SMILES string of the molecule is CC[C@@H](CNC(=O)Nc1cc(-c2ccccc2)ccc1OC)OC. The molecule has 0 spiro atoms. The van der Waals surface area contributed by atoms with Gasteiger partial charge in [-0.25, -0.2) is 4.79 Å². The Kier molecular flexibility index (Phi) is 6.63. The van der Waals surface area contributed by atoms with E-state index >= 15 is 0 Å². The normalized spacial score (nSPS) is 11.6. The van der Waals surface area contributed by atoms with E-state index in [-0.39, 0.29) is 12.1 Å². The Bertz CT molecular complexity index is 655. The van der Waals surface area contributed by atoms with Gasteiger partial charge in [-0.15, -0.1) is 0 Å². The van der Waals surface area contributed by atoms with Crippen LogP contribution in [-0.2, 0) is 4.74 Å². The van der Waals surface area contributed by atoms with Crippen molar-refractivity contribution in [3.05, 3.63) is 48.5 Å². The quantitative estimate of drug-likeness (QED) is 0.810. The van der Waals surface area contributed by atoms with Crippen LogP contribution in [0, 0.1) is 0 Å². The number of hydrogen-bond donors (Lipinski definition) is 2. The summed E-state index contributed by atoms with van der Waals surface area (Å²) in [7, 11) is 3.22. The van der Waals surface area contributed by atoms with Crippen molar-refractivity contribution in [3.8, 4) is 16.9 Å². The molecule has 1 atom stereocenters. The number of carbonyl (C=O) groups excluding carboxylic acids is 1. The van der Waals surface area contributed by atoms with Crippen LogP contribution in [0.3, 0.4) is 0 Å². The van der Waals surface area contributed by atoms with Crippen LogP contribution in [0.2, 0.25) is 0 Å². The van der Waals surface area contributed by atoms with Gasteiger partial charge in [0, 0.05) is 13.7 Å². The Hall–Kier alpha value is -2.53. The Morgan fingerprint density at radius 2 is 1.83 bits per heavy atom. The molecule has 0 fully saturated rings. The zero-order chi connectivity index (χ0) is 17.4. The second-order valence-corrected chi connectivity index (χ2v) is 5.38. The molecule has 0 saturated carbocycles. The van der Waals surface area contributed by atoms with Crippen molar-refractivity contribution < 1.29 is 14.3 Å². The summed E-state index contributed by atoms with van der Waals surface area (Å²) in [5.74, 6) is 0.614. The second-order valence-electron chi connectivity index (χ2n) is 5.38. The van der Waals surface area contributed by atoms with Gasteiger partial charge in [-0.2, -0.15) is 0 Å². The molecule has 24 heavy (non-hydrogen) atoms. The highest BCUT2D eigenvalue weighted by Crippen LogP contribution is 2.30. The monoisotopic (exact) mass is 328 g/mol. The highest BCUT2D eigenvalue weighted by molar-refractivity contribution is 5.92. The molecule has 0 aliphatic heterocycles. The number of rotatable bonds is 7. The molecule has 0 radical (unpaired) electrons. The molecular weight excluding hydrogens is 304 g/mol. The van der Waals surface area contributed by atoms with E-state index in [1.54, 1.807) is 14.2 Å². The van der Waals surface area contributed by atoms with E-state index in [1.165, 1.54) is 0 Å². The van der Waals surface area contributed by atoms with E-state index in [0.717, 1.165) is 17.5 Å². The fraction of sp³-hybridized carbons (Fsp3) is 0.316. The minimum atomic E-state index is -0.283. The smallest absolute Gasteiger partial charge is 0.319 e. The molecule has 128 valence electrons. The molecule has 5 heteroatoms. The summed E-state index contributed by atoms with van der Waals surface area (Å²) < 4.78 is 10.6. The molecule has 0 aliphatic carbocycles. The van der Waals surface area contributed by atoms with Crippen LogP contribution in [0.25, 0.3) is 11.1 Å². The molecular formula is C19H24N2O3. The zero-order valence-electron chi connectivity index (χ0n) is 14.3. The average Bonchev–Trinajstić information content (AvgIpc) is 2.63. The Balaban J connectivity index is 2.12. The summed E-state index contributed by atoms with van der Waals surface area (Å²) in [6.45, 7) is 2.47. The predicted octanol–water partition coefficient (Wildman–Crippen LogP) is 3.91. The van der Waals surface area contributed by atoms with Gasteiger partial charge >= 0.3 is 6.03 Å². The van der Waals surface area contributed by atoms with E-state index in [2.05, 4.69) is 10.6 Å². The van der Waals surface area contributed by atoms with Crippen molar-refractivity contribution in [2.45, 2.75) is 19.4 Å². The Labute approximate surface area is 143 Å². The van der Waals surface area contributed by atoms with Crippen molar-refractivity contribution in [3.63, 3.8) is 0 Å². The third-order valence-electron chi connectivity index (χ3n) is 3.83. The van der Waals surface area contributed by atoms with E-state index in [0.29, 0.717) is 18.0 Å². The lowest BCUT2D eigenvalue weighted by atomic mass is 10.0. The Morgan fingerprint density at radius 3 is 2.46 bits per heavy atom. The first kappa shape index (κ1) is 17.8. The van der Waals surface area contributed by atoms with Gasteiger partial charge in [0.15, 0.2) is 0 Å². The highest BCUT2D eigenvalue weighted by Gasteiger charge is 2.11. The minimum Gasteiger partial charge on any atom is -0.495 e. The topological polar surface area (TPSA) is 59.6 Å². The van der Waals surface area contributed by atoms with Gasteiger partial charge in [0.05, 0.1) is 18.9 Å². The lowest BCUT2D eigenvalue weighted by molar-refractivity contribution is 0.101. The number of hydrogen-bond acceptors (Lipinski definition) is 3. The van der Waals surface area contributed by atoms with Gasteiger partial charge in [0.2, 0.25) is 0 Å². The minimum absolute atomic E-state index is 0.00768. The van der Waals surface area contributed by atoms with Crippen LogP contribution < -0.4 is 15.4 Å². The number of amides is 2. The van der Waals surface area contributed by atoms with E-state index < -0.39 is 0 Å². The number of ether oxygens (including phenoxy) is 2. The average molecular weight is 328 g/mol. The fourth-order valence-corrected chi connectivity index (χ4v) is 2.38. The highest BCUT2D eigenvalue weighted by atomic mass is 16.5. The molecule has 2 rings (SSSR count). The summed E-state index contributed by atoms with van der Waals surface area (Å²) in [5.41, 5.74) is 2.71. The molecule has 2 amide bonds. The maximum atomic E-state index is 12.1. The van der Waals surface area contributed by atoms with Crippen molar-refractivity contribution in [2.24, 2.45) is 0 Å². The summed E-state index contributed by atoms with van der Waals surface area (Å²) in [5, 5.41) is 5.66. The maximum Gasteiger partial charge on any atom is 0.319 e. The van der Waals surface area contributed by atoms with Crippen molar-refractivity contribution in [2.75, 3.05) is 26.1 Å². The van der Waals surface area contributed by atoms with E-state index in [1.807, 2.05) is 55.5 Å². The van der Waals surface area contributed by atoms with Crippen LogP contribution in [-0.4, -0.2) is 32.9 Å².